The molecule has 6 unspecified atom stereocenters. The summed E-state index contributed by atoms with van der Waals surface area (Å²) in [4.78, 5) is 36.8. The number of allylic oxidation sites excluding steroid dienone is 4. The van der Waals surface area contributed by atoms with Crippen molar-refractivity contribution in [1.82, 2.24) is 0 Å². The highest BCUT2D eigenvalue weighted by Crippen LogP contribution is 2.23. The van der Waals surface area contributed by atoms with Crippen LogP contribution >= 0.6 is 0 Å². The summed E-state index contributed by atoms with van der Waals surface area (Å²) in [5.41, 5.74) is 0. The van der Waals surface area contributed by atoms with Crippen molar-refractivity contribution in [2.24, 2.45) is 0 Å². The van der Waals surface area contributed by atoms with Crippen molar-refractivity contribution in [3.8, 4) is 0 Å². The third-order valence-electron chi connectivity index (χ3n) is 10.3. The van der Waals surface area contributed by atoms with Gasteiger partial charge >= 0.3 is 17.9 Å². The van der Waals surface area contributed by atoms with Crippen LogP contribution < -0.4 is 0 Å². The van der Waals surface area contributed by atoms with Crippen LogP contribution in [0.25, 0.3) is 0 Å². The molecule has 11 nitrogen and oxygen atoms in total. The quantitative estimate of drug-likeness (QED) is 0.0268. The van der Waals surface area contributed by atoms with Gasteiger partial charge in [0.2, 0.25) is 0 Å². The van der Waals surface area contributed by atoms with Crippen LogP contribution in [0, 0.1) is 0 Å². The number of carbonyl (C=O) groups is 3. The van der Waals surface area contributed by atoms with E-state index in [0.717, 1.165) is 77.0 Å². The first-order valence-corrected chi connectivity index (χ1v) is 22.4. The van der Waals surface area contributed by atoms with Crippen molar-refractivity contribution < 1.29 is 53.8 Å². The first-order valence-electron chi connectivity index (χ1n) is 22.4. The Morgan fingerprint density at radius 1 is 0.536 bits per heavy atom. The summed E-state index contributed by atoms with van der Waals surface area (Å²) in [7, 11) is 0. The summed E-state index contributed by atoms with van der Waals surface area (Å²) < 4.78 is 21.7. The molecule has 4 N–H and O–H groups in total. The maximum absolute atomic E-state index is 12.7. The van der Waals surface area contributed by atoms with E-state index in [1.54, 1.807) is 0 Å². The SMILES string of the molecule is CCCCCCC/C=C\CCCCCCCC(=O)OC(COC(=O)CCCCCCC/C=C\CCCCCCCCC)COC1OC(C(=O)O)C(O)C(O)C1O. The number of esters is 2. The largest absolute Gasteiger partial charge is 0.479 e. The zero-order valence-electron chi connectivity index (χ0n) is 35.1. The predicted molar refractivity (Wildman–Crippen MR) is 220 cm³/mol. The van der Waals surface area contributed by atoms with Gasteiger partial charge in [-0.25, -0.2) is 4.79 Å². The summed E-state index contributed by atoms with van der Waals surface area (Å²) >= 11 is 0. The third-order valence-corrected chi connectivity index (χ3v) is 10.3. The molecule has 0 amide bonds. The van der Waals surface area contributed by atoms with Gasteiger partial charge in [-0.2, -0.15) is 0 Å². The van der Waals surface area contributed by atoms with E-state index < -0.39 is 61.3 Å². The van der Waals surface area contributed by atoms with Crippen molar-refractivity contribution in [3.63, 3.8) is 0 Å². The van der Waals surface area contributed by atoms with E-state index in [0.29, 0.717) is 12.8 Å². The summed E-state index contributed by atoms with van der Waals surface area (Å²) in [5, 5.41) is 39.8. The lowest BCUT2D eigenvalue weighted by Crippen LogP contribution is -2.60. The molecule has 1 fully saturated rings. The average molecular weight is 797 g/mol. The lowest BCUT2D eigenvalue weighted by Gasteiger charge is -2.38. The van der Waals surface area contributed by atoms with Crippen LogP contribution in [0.15, 0.2) is 24.3 Å². The number of aliphatic carboxylic acids is 1. The number of carboxylic acids is 1. The average Bonchev–Trinajstić information content (AvgIpc) is 3.18. The Labute approximate surface area is 339 Å². The molecule has 0 spiro atoms. The Morgan fingerprint density at radius 2 is 0.946 bits per heavy atom. The lowest BCUT2D eigenvalue weighted by molar-refractivity contribution is -0.298. The van der Waals surface area contributed by atoms with E-state index >= 15 is 0 Å². The standard InChI is InChI=1S/C45H80O11/c1-3-5-7-9-11-13-15-17-19-20-22-23-25-27-29-31-33-38(46)53-35-37(36-54-45-42(50)40(48)41(49)43(56-45)44(51)52)55-39(47)34-32-30-28-26-24-21-18-16-14-12-10-8-6-4-2/h16,18-20,37,40-43,45,48-50H,3-15,17,21-36H2,1-2H3,(H,51,52)/b18-16-,20-19-. The first kappa shape index (κ1) is 51.7. The van der Waals surface area contributed by atoms with Crippen molar-refractivity contribution in [3.05, 3.63) is 24.3 Å². The minimum Gasteiger partial charge on any atom is -0.479 e. The Bertz CT molecular complexity index is 1030. The van der Waals surface area contributed by atoms with E-state index in [-0.39, 0.29) is 19.4 Å². The van der Waals surface area contributed by atoms with E-state index in [1.807, 2.05) is 0 Å². The van der Waals surface area contributed by atoms with Crippen LogP contribution in [0.4, 0.5) is 0 Å². The molecule has 1 saturated heterocycles. The Hall–Kier alpha value is -2.31. The van der Waals surface area contributed by atoms with Gasteiger partial charge in [-0.3, -0.25) is 9.59 Å². The van der Waals surface area contributed by atoms with Crippen molar-refractivity contribution in [1.29, 1.82) is 0 Å². The number of unbranched alkanes of at least 4 members (excludes halogenated alkanes) is 22. The molecule has 1 rings (SSSR count). The maximum Gasteiger partial charge on any atom is 0.335 e. The number of carboxylic acid groups (broad SMARTS) is 1. The van der Waals surface area contributed by atoms with Gasteiger partial charge in [-0.15, -0.1) is 0 Å². The minimum absolute atomic E-state index is 0.173. The van der Waals surface area contributed by atoms with Crippen LogP contribution in [-0.4, -0.2) is 88.4 Å². The molecule has 0 aliphatic carbocycles. The smallest absolute Gasteiger partial charge is 0.335 e. The van der Waals surface area contributed by atoms with Gasteiger partial charge in [-0.1, -0.05) is 141 Å². The molecule has 1 aliphatic rings. The van der Waals surface area contributed by atoms with Gasteiger partial charge in [0.1, 0.15) is 24.9 Å². The van der Waals surface area contributed by atoms with E-state index in [1.165, 1.54) is 77.0 Å². The zero-order chi connectivity index (χ0) is 41.1. The molecular formula is C45H80O11. The lowest BCUT2D eigenvalue weighted by atomic mass is 9.99. The first-order chi connectivity index (χ1) is 27.2. The fraction of sp³-hybridized carbons (Fsp3) is 0.844. The van der Waals surface area contributed by atoms with Crippen molar-refractivity contribution >= 4 is 17.9 Å². The predicted octanol–water partition coefficient (Wildman–Crippen LogP) is 9.43. The topological polar surface area (TPSA) is 169 Å². The van der Waals surface area contributed by atoms with Gasteiger partial charge in [-0.05, 0) is 64.2 Å². The normalized spacial score (nSPS) is 20.5. The molecule has 6 atom stereocenters. The van der Waals surface area contributed by atoms with E-state index in [9.17, 15) is 34.8 Å². The van der Waals surface area contributed by atoms with Crippen molar-refractivity contribution in [2.45, 2.75) is 230 Å². The van der Waals surface area contributed by atoms with Gasteiger partial charge in [0, 0.05) is 12.8 Å². The summed E-state index contributed by atoms with van der Waals surface area (Å²) in [6.07, 6.45) is 29.4. The van der Waals surface area contributed by atoms with Crippen LogP contribution in [0.1, 0.15) is 194 Å². The van der Waals surface area contributed by atoms with E-state index in [4.69, 9.17) is 18.9 Å². The second-order valence-electron chi connectivity index (χ2n) is 15.5. The molecule has 0 radical (unpaired) electrons. The van der Waals surface area contributed by atoms with E-state index in [2.05, 4.69) is 38.2 Å². The molecule has 326 valence electrons. The van der Waals surface area contributed by atoms with Gasteiger partial charge in [0.15, 0.2) is 18.5 Å². The monoisotopic (exact) mass is 797 g/mol. The Kier molecular flexibility index (Phi) is 33.1. The minimum atomic E-state index is -1.86. The number of carbonyl (C=O) groups excluding carboxylic acids is 2. The number of rotatable bonds is 37. The highest BCUT2D eigenvalue weighted by atomic mass is 16.7. The van der Waals surface area contributed by atoms with Gasteiger partial charge in [0.25, 0.3) is 0 Å². The highest BCUT2D eigenvalue weighted by Gasteiger charge is 2.47. The number of hydrogen-bond donors (Lipinski definition) is 4. The Balaban J connectivity index is 2.38. The fourth-order valence-electron chi connectivity index (χ4n) is 6.69. The van der Waals surface area contributed by atoms with Crippen molar-refractivity contribution in [2.75, 3.05) is 13.2 Å². The zero-order valence-corrected chi connectivity index (χ0v) is 35.1. The van der Waals surface area contributed by atoms with Gasteiger partial charge in [0.05, 0.1) is 6.61 Å². The maximum atomic E-state index is 12.7. The number of aliphatic hydroxyl groups excluding tert-OH is 3. The molecule has 0 aromatic rings. The number of hydrogen-bond acceptors (Lipinski definition) is 10. The van der Waals surface area contributed by atoms with Crippen LogP contribution in [0.2, 0.25) is 0 Å². The van der Waals surface area contributed by atoms with Gasteiger partial charge < -0.3 is 39.4 Å². The van der Waals surface area contributed by atoms with Crippen LogP contribution in [0.5, 0.6) is 0 Å². The number of aliphatic hydroxyl groups is 3. The molecule has 1 aliphatic heterocycles. The summed E-state index contributed by atoms with van der Waals surface area (Å²) in [6.45, 7) is 3.79. The summed E-state index contributed by atoms with van der Waals surface area (Å²) in [5.74, 6) is -2.46. The fourth-order valence-corrected chi connectivity index (χ4v) is 6.69. The Morgan fingerprint density at radius 3 is 1.39 bits per heavy atom. The molecular weight excluding hydrogens is 716 g/mol. The van der Waals surface area contributed by atoms with Crippen LogP contribution in [0.3, 0.4) is 0 Å². The highest BCUT2D eigenvalue weighted by molar-refractivity contribution is 5.73. The summed E-state index contributed by atoms with van der Waals surface area (Å²) in [6, 6.07) is 0. The molecule has 1 heterocycles. The molecule has 0 aromatic heterocycles. The molecule has 0 saturated carbocycles. The van der Waals surface area contributed by atoms with Crippen LogP contribution in [-0.2, 0) is 33.3 Å². The number of ether oxygens (including phenoxy) is 4. The second-order valence-corrected chi connectivity index (χ2v) is 15.5. The second kappa shape index (κ2) is 35.8. The molecule has 0 bridgehead atoms. The molecule has 11 heteroatoms. The molecule has 56 heavy (non-hydrogen) atoms. The third kappa shape index (κ3) is 27.3. The molecule has 0 aromatic carbocycles.